The third-order valence-corrected chi connectivity index (χ3v) is 4.08. The van der Waals surface area contributed by atoms with Crippen molar-refractivity contribution in [3.63, 3.8) is 0 Å². The molecule has 0 aliphatic heterocycles. The Kier molecular flexibility index (Phi) is 5.03. The van der Waals surface area contributed by atoms with E-state index in [0.29, 0.717) is 5.75 Å². The predicted octanol–water partition coefficient (Wildman–Crippen LogP) is 6.04. The maximum atomic E-state index is 14.7. The van der Waals surface area contributed by atoms with Gasteiger partial charge in [-0.15, -0.1) is 0 Å². The molecule has 7 heteroatoms. The molecule has 27 heavy (non-hydrogen) atoms. The van der Waals surface area contributed by atoms with Crippen LogP contribution in [0.1, 0.15) is 11.1 Å². The summed E-state index contributed by atoms with van der Waals surface area (Å²) in [7, 11) is 2.54. The highest BCUT2D eigenvalue weighted by atomic mass is 19.2. The van der Waals surface area contributed by atoms with Crippen LogP contribution in [0.5, 0.6) is 11.5 Å². The van der Waals surface area contributed by atoms with Gasteiger partial charge in [-0.05, 0) is 41.8 Å². The van der Waals surface area contributed by atoms with E-state index in [-0.39, 0.29) is 10.9 Å². The molecule has 0 fully saturated rings. The van der Waals surface area contributed by atoms with E-state index < -0.39 is 45.8 Å². The molecule has 140 valence electrons. The second-order valence-corrected chi connectivity index (χ2v) is 5.59. The van der Waals surface area contributed by atoms with Crippen molar-refractivity contribution >= 4 is 22.4 Å². The van der Waals surface area contributed by atoms with Crippen molar-refractivity contribution in [1.82, 2.24) is 0 Å². The van der Waals surface area contributed by atoms with E-state index in [1.807, 2.05) is 0 Å². The molecule has 0 saturated heterocycles. The zero-order valence-electron chi connectivity index (χ0n) is 14.2. The smallest absolute Gasteiger partial charge is 0.201 e. The molecule has 0 spiro atoms. The summed E-state index contributed by atoms with van der Waals surface area (Å²) >= 11 is 0. The van der Waals surface area contributed by atoms with Crippen molar-refractivity contribution in [3.05, 3.63) is 71.0 Å². The second-order valence-electron chi connectivity index (χ2n) is 5.59. The number of hydrogen-bond donors (Lipinski definition) is 0. The lowest BCUT2D eigenvalue weighted by Crippen LogP contribution is -1.98. The van der Waals surface area contributed by atoms with Crippen LogP contribution in [0.15, 0.2) is 42.5 Å². The van der Waals surface area contributed by atoms with Crippen LogP contribution in [0, 0.1) is 17.5 Å². The van der Waals surface area contributed by atoms with Gasteiger partial charge >= 0.3 is 0 Å². The van der Waals surface area contributed by atoms with E-state index >= 15 is 0 Å². The zero-order valence-corrected chi connectivity index (χ0v) is 14.2. The van der Waals surface area contributed by atoms with Crippen LogP contribution in [-0.4, -0.2) is 14.2 Å². The highest BCUT2D eigenvalue weighted by Crippen LogP contribution is 2.36. The van der Waals surface area contributed by atoms with Crippen LogP contribution in [-0.2, 0) is 0 Å². The molecule has 0 bridgehead atoms. The first-order valence-corrected chi connectivity index (χ1v) is 7.73. The molecule has 0 radical (unpaired) electrons. The van der Waals surface area contributed by atoms with Gasteiger partial charge in [-0.2, -0.15) is 4.39 Å². The van der Waals surface area contributed by atoms with Crippen LogP contribution in [0.25, 0.3) is 22.4 Å². The summed E-state index contributed by atoms with van der Waals surface area (Å²) in [6.07, 6.45) is 0. The first-order chi connectivity index (χ1) is 12.9. The Balaban J connectivity index is 2.18. The monoisotopic (exact) mass is 380 g/mol. The lowest BCUT2D eigenvalue weighted by Gasteiger charge is -2.10. The van der Waals surface area contributed by atoms with E-state index in [9.17, 15) is 22.0 Å². The van der Waals surface area contributed by atoms with E-state index in [0.717, 1.165) is 25.3 Å². The first-order valence-electron chi connectivity index (χ1n) is 7.73. The lowest BCUT2D eigenvalue weighted by molar-refractivity contribution is 0.374. The number of benzene rings is 3. The molecule has 2 nitrogen and oxygen atoms in total. The normalized spacial score (nSPS) is 12.1. The second kappa shape index (κ2) is 7.26. The van der Waals surface area contributed by atoms with Crippen molar-refractivity contribution in [3.8, 4) is 11.5 Å². The van der Waals surface area contributed by atoms with Gasteiger partial charge in [-0.1, -0.05) is 6.07 Å². The Hall–Kier alpha value is -3.09. The Morgan fingerprint density at radius 3 is 2.00 bits per heavy atom. The molecule has 3 rings (SSSR count). The van der Waals surface area contributed by atoms with Gasteiger partial charge in [0.15, 0.2) is 23.2 Å². The van der Waals surface area contributed by atoms with E-state index in [2.05, 4.69) is 4.74 Å². The maximum absolute atomic E-state index is 14.7. The standard InChI is InChI=1S/C20H13F5O2/c1-26-12-6-3-10(4-7-12)16(21)18(23)13-8-5-11-9-14(27-2)19(24)20(25)15(11)17(13)22/h3-9H,1-2H3. The van der Waals surface area contributed by atoms with Gasteiger partial charge in [0.05, 0.1) is 19.6 Å². The molecule has 3 aromatic rings. The van der Waals surface area contributed by atoms with Gasteiger partial charge in [-0.3, -0.25) is 0 Å². The number of fused-ring (bicyclic) bond motifs is 1. The summed E-state index contributed by atoms with van der Waals surface area (Å²) in [5.74, 6) is -7.24. The van der Waals surface area contributed by atoms with Crippen LogP contribution in [0.4, 0.5) is 22.0 Å². The average Bonchev–Trinajstić information content (AvgIpc) is 2.69. The Labute approximate surface area is 151 Å². The highest BCUT2D eigenvalue weighted by Gasteiger charge is 2.22. The average molecular weight is 380 g/mol. The van der Waals surface area contributed by atoms with Gasteiger partial charge in [-0.25, -0.2) is 17.6 Å². The highest BCUT2D eigenvalue weighted by molar-refractivity contribution is 5.91. The fourth-order valence-corrected chi connectivity index (χ4v) is 2.66. The zero-order chi connectivity index (χ0) is 19.7. The Bertz CT molecular complexity index is 1040. The molecule has 0 aliphatic rings. The summed E-state index contributed by atoms with van der Waals surface area (Å²) in [6.45, 7) is 0. The molecule has 3 aromatic carbocycles. The van der Waals surface area contributed by atoms with Crippen LogP contribution < -0.4 is 9.47 Å². The minimum atomic E-state index is -1.54. The number of methoxy groups -OCH3 is 2. The number of ether oxygens (including phenoxy) is 2. The van der Waals surface area contributed by atoms with Gasteiger partial charge in [0, 0.05) is 11.1 Å². The molecule has 0 aliphatic carbocycles. The molecule has 0 N–H and O–H groups in total. The number of hydrogen-bond acceptors (Lipinski definition) is 2. The number of rotatable bonds is 4. The van der Waals surface area contributed by atoms with Crippen LogP contribution >= 0.6 is 0 Å². The van der Waals surface area contributed by atoms with E-state index in [1.165, 1.54) is 31.4 Å². The molecule has 0 amide bonds. The summed E-state index contributed by atoms with van der Waals surface area (Å²) in [5.41, 5.74) is -0.978. The van der Waals surface area contributed by atoms with Crippen molar-refractivity contribution in [2.24, 2.45) is 0 Å². The van der Waals surface area contributed by atoms with Gasteiger partial charge in [0.1, 0.15) is 11.6 Å². The van der Waals surface area contributed by atoms with Gasteiger partial charge in [0.2, 0.25) is 5.82 Å². The molecule has 0 unspecified atom stereocenters. The fraction of sp³-hybridized carbons (Fsp3) is 0.100. The fourth-order valence-electron chi connectivity index (χ4n) is 2.66. The number of halogens is 5. The van der Waals surface area contributed by atoms with Crippen LogP contribution in [0.2, 0.25) is 0 Å². The van der Waals surface area contributed by atoms with Gasteiger partial charge < -0.3 is 9.47 Å². The van der Waals surface area contributed by atoms with Crippen molar-refractivity contribution in [2.75, 3.05) is 14.2 Å². The Morgan fingerprint density at radius 2 is 1.41 bits per heavy atom. The molecule has 0 aromatic heterocycles. The third-order valence-electron chi connectivity index (χ3n) is 4.08. The van der Waals surface area contributed by atoms with E-state index in [1.54, 1.807) is 0 Å². The molecular weight excluding hydrogens is 367 g/mol. The quantitative estimate of drug-likeness (QED) is 0.406. The first kappa shape index (κ1) is 18.7. The largest absolute Gasteiger partial charge is 0.497 e. The summed E-state index contributed by atoms with van der Waals surface area (Å²) in [4.78, 5) is 0. The topological polar surface area (TPSA) is 18.5 Å². The molecule has 0 saturated carbocycles. The van der Waals surface area contributed by atoms with Gasteiger partial charge in [0.25, 0.3) is 0 Å². The minimum Gasteiger partial charge on any atom is -0.497 e. The maximum Gasteiger partial charge on any atom is 0.201 e. The molecule has 0 atom stereocenters. The summed E-state index contributed by atoms with van der Waals surface area (Å²) in [6, 6.07) is 8.48. The van der Waals surface area contributed by atoms with Crippen LogP contribution in [0.3, 0.4) is 0 Å². The third kappa shape index (κ3) is 3.20. The summed E-state index contributed by atoms with van der Waals surface area (Å²) < 4.78 is 81.4. The SMILES string of the molecule is COc1ccc(C(F)=C(F)c2ccc3cc(OC)c(F)c(F)c3c2F)cc1. The molecule has 0 heterocycles. The summed E-state index contributed by atoms with van der Waals surface area (Å²) in [5, 5.41) is -0.840. The van der Waals surface area contributed by atoms with Crippen molar-refractivity contribution < 1.29 is 31.4 Å². The molecular formula is C20H13F5O2. The van der Waals surface area contributed by atoms with E-state index in [4.69, 9.17) is 4.74 Å². The Morgan fingerprint density at radius 1 is 0.741 bits per heavy atom. The van der Waals surface area contributed by atoms with Crippen molar-refractivity contribution in [2.45, 2.75) is 0 Å². The predicted molar refractivity (Wildman–Crippen MR) is 92.4 cm³/mol. The lowest BCUT2D eigenvalue weighted by atomic mass is 10.0. The van der Waals surface area contributed by atoms with Crippen molar-refractivity contribution in [1.29, 1.82) is 0 Å². The minimum absolute atomic E-state index is 0.0512.